The van der Waals surface area contributed by atoms with Gasteiger partial charge in [-0.25, -0.2) is 4.79 Å². The van der Waals surface area contributed by atoms with Gasteiger partial charge in [0.1, 0.15) is 11.5 Å². The first-order valence-electron chi connectivity index (χ1n) is 10.2. The number of carbonyl (C=O) groups is 2. The van der Waals surface area contributed by atoms with E-state index in [1.807, 2.05) is 6.07 Å². The van der Waals surface area contributed by atoms with Gasteiger partial charge in [0, 0.05) is 12.1 Å². The van der Waals surface area contributed by atoms with E-state index >= 15 is 0 Å². The number of rotatable bonds is 9. The lowest BCUT2D eigenvalue weighted by atomic mass is 9.89. The van der Waals surface area contributed by atoms with Crippen LogP contribution in [-0.2, 0) is 15.1 Å². The van der Waals surface area contributed by atoms with Crippen molar-refractivity contribution in [1.82, 2.24) is 0 Å². The van der Waals surface area contributed by atoms with Crippen molar-refractivity contribution in [3.63, 3.8) is 0 Å². The minimum Gasteiger partial charge on any atom is -0.462 e. The second-order valence-corrected chi connectivity index (χ2v) is 8.44. The van der Waals surface area contributed by atoms with E-state index in [0.717, 1.165) is 0 Å². The number of hydrogen-bond donors (Lipinski definition) is 1. The van der Waals surface area contributed by atoms with Crippen molar-refractivity contribution in [3.05, 3.63) is 100 Å². The van der Waals surface area contributed by atoms with Crippen LogP contribution in [0, 0.1) is 0 Å². The van der Waals surface area contributed by atoms with Gasteiger partial charge in [0.15, 0.2) is 0 Å². The highest BCUT2D eigenvalue weighted by Gasteiger charge is 2.35. The van der Waals surface area contributed by atoms with E-state index in [0.29, 0.717) is 21.8 Å². The summed E-state index contributed by atoms with van der Waals surface area (Å²) in [4.78, 5) is 26.4. The second kappa shape index (κ2) is 11.5. The monoisotopic (exact) mass is 505 g/mol. The third-order valence-electron chi connectivity index (χ3n) is 5.12. The molecule has 33 heavy (non-hydrogen) atoms. The van der Waals surface area contributed by atoms with Crippen molar-refractivity contribution in [2.24, 2.45) is 0 Å². The van der Waals surface area contributed by atoms with E-state index in [-0.39, 0.29) is 36.4 Å². The third-order valence-corrected chi connectivity index (χ3v) is 6.09. The molecule has 0 heterocycles. The number of ether oxygens (including phenoxy) is 1. The lowest BCUT2D eigenvalue weighted by molar-refractivity contribution is -0.117. The number of alkyl halides is 1. The zero-order valence-electron chi connectivity index (χ0n) is 17.6. The van der Waals surface area contributed by atoms with Gasteiger partial charge in [-0.3, -0.25) is 4.79 Å². The number of para-hydroxylation sites is 1. The molecule has 0 spiro atoms. The van der Waals surface area contributed by atoms with Gasteiger partial charge in [-0.05, 0) is 42.0 Å². The Balaban J connectivity index is 1.88. The summed E-state index contributed by atoms with van der Waals surface area (Å²) in [6, 6.07) is 22.2. The Kier molecular flexibility index (Phi) is 8.75. The molecule has 0 aliphatic rings. The van der Waals surface area contributed by atoms with Crippen LogP contribution in [0.25, 0.3) is 0 Å². The Hall–Kier alpha value is -2.57. The molecular weight excluding hydrogens is 485 g/mol. The van der Waals surface area contributed by atoms with E-state index in [2.05, 4.69) is 0 Å². The standard InChI is InChI=1S/C25H22Cl3NO4/c26-16-23(30)29(20-9-5-2-6-10-20)17-25(32,19-11-12-21(27)22(28)15-19)13-14-33-24(31)18-7-3-1-4-8-18/h1-12,15,32H,13-14,16-17H2. The number of halogens is 3. The summed E-state index contributed by atoms with van der Waals surface area (Å²) < 4.78 is 5.39. The van der Waals surface area contributed by atoms with Gasteiger partial charge in [-0.2, -0.15) is 0 Å². The number of anilines is 1. The first kappa shape index (κ1) is 25.1. The first-order valence-corrected chi connectivity index (χ1v) is 11.4. The Morgan fingerprint density at radius 3 is 2.15 bits per heavy atom. The molecule has 0 aliphatic carbocycles. The van der Waals surface area contributed by atoms with Crippen LogP contribution >= 0.6 is 34.8 Å². The van der Waals surface area contributed by atoms with Crippen LogP contribution in [0.2, 0.25) is 10.0 Å². The predicted molar refractivity (Wildman–Crippen MR) is 131 cm³/mol. The van der Waals surface area contributed by atoms with Gasteiger partial charge >= 0.3 is 5.97 Å². The number of hydrogen-bond acceptors (Lipinski definition) is 4. The maximum absolute atomic E-state index is 12.7. The molecule has 0 aromatic heterocycles. The van der Waals surface area contributed by atoms with Crippen molar-refractivity contribution >= 4 is 52.4 Å². The van der Waals surface area contributed by atoms with Crippen LogP contribution in [0.15, 0.2) is 78.9 Å². The molecule has 0 saturated carbocycles. The molecule has 1 N–H and O–H groups in total. The maximum atomic E-state index is 12.7. The van der Waals surface area contributed by atoms with Crippen LogP contribution in [0.4, 0.5) is 5.69 Å². The van der Waals surface area contributed by atoms with Gasteiger partial charge in [0.2, 0.25) is 5.91 Å². The number of nitrogens with zero attached hydrogens (tertiary/aromatic N) is 1. The number of esters is 1. The zero-order chi connectivity index (χ0) is 23.8. The van der Waals surface area contributed by atoms with Crippen molar-refractivity contribution in [1.29, 1.82) is 0 Å². The van der Waals surface area contributed by atoms with Gasteiger partial charge in [0.25, 0.3) is 0 Å². The van der Waals surface area contributed by atoms with Gasteiger partial charge in [-0.15, -0.1) is 11.6 Å². The molecule has 0 radical (unpaired) electrons. The minimum atomic E-state index is -1.61. The van der Waals surface area contributed by atoms with Crippen LogP contribution in [0.5, 0.6) is 0 Å². The van der Waals surface area contributed by atoms with Crippen molar-refractivity contribution in [2.45, 2.75) is 12.0 Å². The average molecular weight is 507 g/mol. The molecule has 3 aromatic carbocycles. The molecule has 172 valence electrons. The quantitative estimate of drug-likeness (QED) is 0.299. The molecule has 5 nitrogen and oxygen atoms in total. The minimum absolute atomic E-state index is 0.00241. The van der Waals surface area contributed by atoms with E-state index in [1.165, 1.54) is 11.0 Å². The van der Waals surface area contributed by atoms with Crippen LogP contribution in [-0.4, -0.2) is 36.0 Å². The average Bonchev–Trinajstić information content (AvgIpc) is 2.84. The van der Waals surface area contributed by atoms with Gasteiger partial charge < -0.3 is 14.7 Å². The fourth-order valence-corrected chi connectivity index (χ4v) is 3.78. The lowest BCUT2D eigenvalue weighted by Crippen LogP contribution is -2.45. The molecule has 3 rings (SSSR count). The number of carbonyl (C=O) groups excluding carboxylic acids is 2. The maximum Gasteiger partial charge on any atom is 0.338 e. The molecule has 3 aromatic rings. The SMILES string of the molecule is O=C(OCCC(O)(CN(C(=O)CCl)c1ccccc1)c1ccc(Cl)c(Cl)c1)c1ccccc1. The Morgan fingerprint density at radius 2 is 1.55 bits per heavy atom. The topological polar surface area (TPSA) is 66.8 Å². The molecule has 0 fully saturated rings. The van der Waals surface area contributed by atoms with Crippen molar-refractivity contribution < 1.29 is 19.4 Å². The van der Waals surface area contributed by atoms with Crippen LogP contribution < -0.4 is 4.90 Å². The van der Waals surface area contributed by atoms with Crippen LogP contribution in [0.3, 0.4) is 0 Å². The fourth-order valence-electron chi connectivity index (χ4n) is 3.34. The Bertz CT molecular complexity index is 1100. The summed E-state index contributed by atoms with van der Waals surface area (Å²) >= 11 is 18.1. The largest absolute Gasteiger partial charge is 0.462 e. The van der Waals surface area contributed by atoms with Crippen molar-refractivity contribution in [2.75, 3.05) is 23.9 Å². The molecule has 0 aliphatic heterocycles. The second-order valence-electron chi connectivity index (χ2n) is 7.36. The summed E-state index contributed by atoms with van der Waals surface area (Å²) in [5.41, 5.74) is -0.208. The summed E-state index contributed by atoms with van der Waals surface area (Å²) in [7, 11) is 0. The zero-order valence-corrected chi connectivity index (χ0v) is 19.9. The predicted octanol–water partition coefficient (Wildman–Crippen LogP) is 5.70. The first-order chi connectivity index (χ1) is 15.8. The van der Waals surface area contributed by atoms with E-state index < -0.39 is 11.6 Å². The van der Waals surface area contributed by atoms with E-state index in [9.17, 15) is 14.7 Å². The number of amides is 1. The molecule has 8 heteroatoms. The Labute approximate surface area is 207 Å². The van der Waals surface area contributed by atoms with Gasteiger partial charge in [0.05, 0.1) is 28.8 Å². The normalized spacial score (nSPS) is 12.6. The molecule has 0 saturated heterocycles. The van der Waals surface area contributed by atoms with Crippen LogP contribution in [0.1, 0.15) is 22.3 Å². The fraction of sp³-hybridized carbons (Fsp3) is 0.200. The smallest absolute Gasteiger partial charge is 0.338 e. The molecule has 1 unspecified atom stereocenters. The number of aliphatic hydroxyl groups is 1. The Morgan fingerprint density at radius 1 is 0.909 bits per heavy atom. The van der Waals surface area contributed by atoms with Gasteiger partial charge in [-0.1, -0.05) is 65.7 Å². The summed E-state index contributed by atoms with van der Waals surface area (Å²) in [6.07, 6.45) is 0.00241. The highest BCUT2D eigenvalue weighted by atomic mass is 35.5. The lowest BCUT2D eigenvalue weighted by Gasteiger charge is -2.35. The van der Waals surface area contributed by atoms with E-state index in [4.69, 9.17) is 39.5 Å². The molecule has 1 amide bonds. The third kappa shape index (κ3) is 6.49. The van der Waals surface area contributed by atoms with Crippen molar-refractivity contribution in [3.8, 4) is 0 Å². The molecular formula is C25H22Cl3NO4. The summed E-state index contributed by atoms with van der Waals surface area (Å²) in [5.74, 6) is -1.17. The highest BCUT2D eigenvalue weighted by molar-refractivity contribution is 6.42. The molecule has 1 atom stereocenters. The molecule has 0 bridgehead atoms. The summed E-state index contributed by atoms with van der Waals surface area (Å²) in [6.45, 7) is -0.231. The highest BCUT2D eigenvalue weighted by Crippen LogP contribution is 2.33. The summed E-state index contributed by atoms with van der Waals surface area (Å²) in [5, 5.41) is 12.3. The number of benzene rings is 3. The van der Waals surface area contributed by atoms with E-state index in [1.54, 1.807) is 66.7 Å².